The molecule has 7 heteroatoms. The van der Waals surface area contributed by atoms with E-state index in [2.05, 4.69) is 4.98 Å². The number of carboxylic acids is 1. The number of ketones is 1. The molecule has 0 saturated heterocycles. The third kappa shape index (κ3) is 4.15. The lowest BCUT2D eigenvalue weighted by Gasteiger charge is -2.10. The van der Waals surface area contributed by atoms with Crippen LogP contribution < -0.4 is 0 Å². The van der Waals surface area contributed by atoms with Gasteiger partial charge < -0.3 is 5.11 Å². The number of aliphatic carboxylic acids is 1. The van der Waals surface area contributed by atoms with E-state index in [1.165, 1.54) is 12.1 Å². The molecule has 0 radical (unpaired) electrons. The minimum Gasteiger partial charge on any atom is -0.481 e. The first-order valence-corrected chi connectivity index (χ1v) is 5.05. The molecule has 0 spiro atoms. The summed E-state index contributed by atoms with van der Waals surface area (Å²) in [6.45, 7) is 0. The summed E-state index contributed by atoms with van der Waals surface area (Å²) in [7, 11) is 0. The van der Waals surface area contributed by atoms with E-state index in [1.807, 2.05) is 0 Å². The standard InChI is InChI=1S/C11H10F3NO3/c12-11(13,14)10-7(2-1-5-15-10)3-4-8(16)6-9(17)18/h1-2,5H,3-4,6H2,(H,17,18). The van der Waals surface area contributed by atoms with Gasteiger partial charge in [0.15, 0.2) is 0 Å². The van der Waals surface area contributed by atoms with Gasteiger partial charge in [-0.25, -0.2) is 0 Å². The Morgan fingerprint density at radius 1 is 1.33 bits per heavy atom. The Morgan fingerprint density at radius 2 is 2.00 bits per heavy atom. The van der Waals surface area contributed by atoms with E-state index in [0.29, 0.717) is 0 Å². The highest BCUT2D eigenvalue weighted by atomic mass is 19.4. The van der Waals surface area contributed by atoms with E-state index in [1.54, 1.807) is 0 Å². The second-order valence-corrected chi connectivity index (χ2v) is 3.62. The largest absolute Gasteiger partial charge is 0.481 e. The first-order chi connectivity index (χ1) is 8.30. The maximum absolute atomic E-state index is 12.5. The molecular weight excluding hydrogens is 251 g/mol. The van der Waals surface area contributed by atoms with Crippen molar-refractivity contribution < 1.29 is 27.9 Å². The predicted octanol–water partition coefficient (Wildman–Crippen LogP) is 2.08. The Morgan fingerprint density at radius 3 is 2.56 bits per heavy atom. The van der Waals surface area contributed by atoms with Gasteiger partial charge in [0.25, 0.3) is 0 Å². The van der Waals surface area contributed by atoms with Crippen molar-refractivity contribution in [1.82, 2.24) is 4.98 Å². The van der Waals surface area contributed by atoms with Crippen molar-refractivity contribution in [2.45, 2.75) is 25.4 Å². The van der Waals surface area contributed by atoms with Crippen molar-refractivity contribution >= 4 is 11.8 Å². The van der Waals surface area contributed by atoms with E-state index in [0.717, 1.165) is 6.20 Å². The van der Waals surface area contributed by atoms with Crippen LogP contribution in [0.2, 0.25) is 0 Å². The van der Waals surface area contributed by atoms with Gasteiger partial charge in [-0.1, -0.05) is 6.07 Å². The maximum atomic E-state index is 12.5. The number of carboxylic acid groups (broad SMARTS) is 1. The van der Waals surface area contributed by atoms with Crippen LogP contribution in [0.1, 0.15) is 24.1 Å². The second-order valence-electron chi connectivity index (χ2n) is 3.62. The average Bonchev–Trinajstić information content (AvgIpc) is 2.24. The van der Waals surface area contributed by atoms with Crippen molar-refractivity contribution in [3.63, 3.8) is 0 Å². The van der Waals surface area contributed by atoms with E-state index in [4.69, 9.17) is 5.11 Å². The summed E-state index contributed by atoms with van der Waals surface area (Å²) in [4.78, 5) is 24.6. The highest BCUT2D eigenvalue weighted by molar-refractivity contribution is 5.94. The van der Waals surface area contributed by atoms with Crippen LogP contribution in [0, 0.1) is 0 Å². The summed E-state index contributed by atoms with van der Waals surface area (Å²) in [6.07, 6.45) is -4.66. The monoisotopic (exact) mass is 261 g/mol. The van der Waals surface area contributed by atoms with Gasteiger partial charge in [-0.3, -0.25) is 14.6 Å². The zero-order valence-electron chi connectivity index (χ0n) is 9.20. The van der Waals surface area contributed by atoms with Gasteiger partial charge in [0.2, 0.25) is 0 Å². The molecule has 0 amide bonds. The number of carbonyl (C=O) groups is 2. The fourth-order valence-electron chi connectivity index (χ4n) is 1.43. The number of carbonyl (C=O) groups excluding carboxylic acids is 1. The number of Topliss-reactive ketones (excluding diaryl/α,β-unsaturated/α-hetero) is 1. The summed E-state index contributed by atoms with van der Waals surface area (Å²) in [5, 5.41) is 8.35. The van der Waals surface area contributed by atoms with E-state index in [-0.39, 0.29) is 18.4 Å². The highest BCUT2D eigenvalue weighted by Gasteiger charge is 2.34. The van der Waals surface area contributed by atoms with Crippen molar-refractivity contribution in [2.24, 2.45) is 0 Å². The summed E-state index contributed by atoms with van der Waals surface area (Å²) >= 11 is 0. The van der Waals surface area contributed by atoms with Crippen molar-refractivity contribution in [3.05, 3.63) is 29.6 Å². The van der Waals surface area contributed by atoms with E-state index in [9.17, 15) is 22.8 Å². The molecule has 0 saturated carbocycles. The number of hydrogen-bond acceptors (Lipinski definition) is 3. The van der Waals surface area contributed by atoms with Crippen LogP contribution in [0.4, 0.5) is 13.2 Å². The smallest absolute Gasteiger partial charge is 0.433 e. The normalized spacial score (nSPS) is 11.3. The molecule has 0 atom stereocenters. The van der Waals surface area contributed by atoms with Crippen LogP contribution in [0.3, 0.4) is 0 Å². The lowest BCUT2D eigenvalue weighted by Crippen LogP contribution is -2.13. The number of aryl methyl sites for hydroxylation is 1. The van der Waals surface area contributed by atoms with Gasteiger partial charge in [0, 0.05) is 12.6 Å². The maximum Gasteiger partial charge on any atom is 0.433 e. The molecule has 0 bridgehead atoms. The molecule has 4 nitrogen and oxygen atoms in total. The molecule has 0 aliphatic heterocycles. The molecule has 0 aliphatic carbocycles. The third-order valence-corrected chi connectivity index (χ3v) is 2.18. The Hall–Kier alpha value is -1.92. The predicted molar refractivity (Wildman–Crippen MR) is 54.8 cm³/mol. The zero-order valence-corrected chi connectivity index (χ0v) is 9.20. The number of pyridine rings is 1. The van der Waals surface area contributed by atoms with Gasteiger partial charge in [-0.05, 0) is 18.1 Å². The van der Waals surface area contributed by atoms with E-state index >= 15 is 0 Å². The SMILES string of the molecule is O=C(O)CC(=O)CCc1cccnc1C(F)(F)F. The van der Waals surface area contributed by atoms with Crippen LogP contribution in [-0.4, -0.2) is 21.8 Å². The Bertz CT molecular complexity index is 457. The van der Waals surface area contributed by atoms with Crippen LogP contribution >= 0.6 is 0 Å². The fraction of sp³-hybridized carbons (Fsp3) is 0.364. The summed E-state index contributed by atoms with van der Waals surface area (Å²) < 4.78 is 37.6. The van der Waals surface area contributed by atoms with E-state index < -0.39 is 30.0 Å². The topological polar surface area (TPSA) is 67.3 Å². The van der Waals surface area contributed by atoms with Crippen molar-refractivity contribution in [1.29, 1.82) is 0 Å². The van der Waals surface area contributed by atoms with Crippen LogP contribution in [-0.2, 0) is 22.2 Å². The van der Waals surface area contributed by atoms with Gasteiger partial charge in [0.1, 0.15) is 17.9 Å². The molecule has 18 heavy (non-hydrogen) atoms. The minimum absolute atomic E-state index is 0.108. The Labute approximate surface area is 100 Å². The third-order valence-electron chi connectivity index (χ3n) is 2.18. The van der Waals surface area contributed by atoms with Crippen molar-refractivity contribution in [3.8, 4) is 0 Å². The number of rotatable bonds is 5. The summed E-state index contributed by atoms with van der Waals surface area (Å²) in [5.74, 6) is -1.90. The highest BCUT2D eigenvalue weighted by Crippen LogP contribution is 2.30. The Balaban J connectivity index is 2.74. The average molecular weight is 261 g/mol. The number of alkyl halides is 3. The molecule has 0 aliphatic rings. The van der Waals surface area contributed by atoms with Gasteiger partial charge in [0.05, 0.1) is 0 Å². The molecule has 1 N–H and O–H groups in total. The summed E-state index contributed by atoms with van der Waals surface area (Å²) in [6, 6.07) is 2.57. The van der Waals surface area contributed by atoms with Gasteiger partial charge in [-0.2, -0.15) is 13.2 Å². The first-order valence-electron chi connectivity index (χ1n) is 5.05. The van der Waals surface area contributed by atoms with Crippen LogP contribution in [0.15, 0.2) is 18.3 Å². The molecule has 0 unspecified atom stereocenters. The molecule has 1 aromatic rings. The Kier molecular flexibility index (Phi) is 4.41. The van der Waals surface area contributed by atoms with Gasteiger partial charge in [-0.15, -0.1) is 0 Å². The van der Waals surface area contributed by atoms with Crippen LogP contribution in [0.5, 0.6) is 0 Å². The number of aromatic nitrogens is 1. The minimum atomic E-state index is -4.58. The zero-order chi connectivity index (χ0) is 13.8. The summed E-state index contributed by atoms with van der Waals surface area (Å²) in [5.41, 5.74) is -1.14. The fourth-order valence-corrected chi connectivity index (χ4v) is 1.43. The molecule has 1 rings (SSSR count). The molecular formula is C11H10F3NO3. The molecule has 98 valence electrons. The quantitative estimate of drug-likeness (QED) is 0.824. The number of hydrogen-bond donors (Lipinski definition) is 1. The van der Waals surface area contributed by atoms with Crippen molar-refractivity contribution in [2.75, 3.05) is 0 Å². The molecule has 0 fully saturated rings. The lowest BCUT2D eigenvalue weighted by atomic mass is 10.0. The molecule has 1 aromatic heterocycles. The first kappa shape index (κ1) is 14.1. The van der Waals surface area contributed by atoms with Gasteiger partial charge >= 0.3 is 12.1 Å². The molecule has 1 heterocycles. The number of halogens is 3. The van der Waals surface area contributed by atoms with Crippen LogP contribution in [0.25, 0.3) is 0 Å². The lowest BCUT2D eigenvalue weighted by molar-refractivity contribution is -0.143. The number of nitrogens with zero attached hydrogens (tertiary/aromatic N) is 1. The second kappa shape index (κ2) is 5.61. The molecule has 0 aromatic carbocycles.